The summed E-state index contributed by atoms with van der Waals surface area (Å²) in [6.45, 7) is 0. The van der Waals surface area contributed by atoms with E-state index in [0.717, 1.165) is 0 Å². The fourth-order valence-electron chi connectivity index (χ4n) is 0.748. The maximum absolute atomic E-state index is 3.91. The van der Waals surface area contributed by atoms with Crippen LogP contribution in [-0.2, 0) is 0 Å². The fourth-order valence-corrected chi connectivity index (χ4v) is 0.748. The van der Waals surface area contributed by atoms with Crippen LogP contribution in [-0.4, -0.2) is 19.0 Å². The lowest BCUT2D eigenvalue weighted by molar-refractivity contribution is 0.561. The van der Waals surface area contributed by atoms with Crippen LogP contribution in [0.3, 0.4) is 0 Å². The third-order valence-corrected chi connectivity index (χ3v) is 1.11. The molecule has 0 aromatic rings. The Labute approximate surface area is 61.5 Å². The highest BCUT2D eigenvalue weighted by Gasteiger charge is 1.85. The molecular weight excluding hydrogens is 124 g/mol. The predicted molar refractivity (Wildman–Crippen MR) is 43.4 cm³/mol. The van der Waals surface area contributed by atoms with Crippen molar-refractivity contribution < 1.29 is 0 Å². The Kier molecular flexibility index (Phi) is 2.15. The van der Waals surface area contributed by atoms with E-state index in [4.69, 9.17) is 0 Å². The van der Waals surface area contributed by atoms with Crippen LogP contribution in [0.2, 0.25) is 0 Å². The van der Waals surface area contributed by atoms with Crippen molar-refractivity contribution in [3.05, 3.63) is 41.6 Å². The van der Waals surface area contributed by atoms with E-state index in [1.165, 1.54) is 5.57 Å². The molecule has 0 atom stereocenters. The number of rotatable bonds is 1. The molecule has 0 aliphatic carbocycles. The van der Waals surface area contributed by atoms with Gasteiger partial charge in [0.2, 0.25) is 0 Å². The Morgan fingerprint density at radius 2 is 1.90 bits per heavy atom. The zero-order valence-electron chi connectivity index (χ0n) is 6.28. The zero-order valence-corrected chi connectivity index (χ0v) is 6.28. The molecule has 1 rings (SSSR count). The summed E-state index contributed by atoms with van der Waals surface area (Å²) in [4.78, 5) is 2.01. The fraction of sp³-hybridized carbons (Fsp3) is 0.250. The molecular formula is C8H11N2-. The summed E-state index contributed by atoms with van der Waals surface area (Å²) < 4.78 is 0. The molecule has 1 aliphatic rings. The van der Waals surface area contributed by atoms with E-state index in [1.54, 1.807) is 12.4 Å². The van der Waals surface area contributed by atoms with Gasteiger partial charge in [0, 0.05) is 20.3 Å². The first-order valence-corrected chi connectivity index (χ1v) is 3.20. The summed E-state index contributed by atoms with van der Waals surface area (Å²) in [5, 5.41) is 3.91. The van der Waals surface area contributed by atoms with Crippen LogP contribution in [0.25, 0.3) is 5.32 Å². The first kappa shape index (κ1) is 6.93. The maximum atomic E-state index is 3.91. The van der Waals surface area contributed by atoms with E-state index in [0.29, 0.717) is 0 Å². The Morgan fingerprint density at radius 1 is 1.30 bits per heavy atom. The summed E-state index contributed by atoms with van der Waals surface area (Å²) in [6, 6.07) is 0. The van der Waals surface area contributed by atoms with Gasteiger partial charge in [-0.3, -0.25) is 0 Å². The summed E-state index contributed by atoms with van der Waals surface area (Å²) in [7, 11) is 4.00. The van der Waals surface area contributed by atoms with Crippen molar-refractivity contribution in [3.63, 3.8) is 0 Å². The molecule has 0 saturated carbocycles. The minimum atomic E-state index is 1.18. The highest BCUT2D eigenvalue weighted by atomic mass is 15.0. The van der Waals surface area contributed by atoms with Crippen LogP contribution in [0.1, 0.15) is 0 Å². The quantitative estimate of drug-likeness (QED) is 0.536. The average Bonchev–Trinajstić information content (AvgIpc) is 1.88. The SMILES string of the molecule is CN(C)C=C1C=C[N-]C=C1. The lowest BCUT2D eigenvalue weighted by Crippen LogP contribution is -2.01. The normalized spacial score (nSPS) is 14.8. The smallest absolute Gasteiger partial charge is 0.00573 e. The van der Waals surface area contributed by atoms with Gasteiger partial charge in [-0.1, -0.05) is 12.2 Å². The second-order valence-corrected chi connectivity index (χ2v) is 2.37. The first-order valence-electron chi connectivity index (χ1n) is 3.20. The highest BCUT2D eigenvalue weighted by Crippen LogP contribution is 2.09. The van der Waals surface area contributed by atoms with Crippen LogP contribution >= 0.6 is 0 Å². The van der Waals surface area contributed by atoms with Crippen LogP contribution in [0.5, 0.6) is 0 Å². The monoisotopic (exact) mass is 135 g/mol. The largest absolute Gasteiger partial charge is 0.670 e. The summed E-state index contributed by atoms with van der Waals surface area (Å²) >= 11 is 0. The molecule has 0 aromatic carbocycles. The van der Waals surface area contributed by atoms with Gasteiger partial charge in [-0.2, -0.15) is 12.4 Å². The molecule has 2 heteroatoms. The minimum absolute atomic E-state index is 1.18. The van der Waals surface area contributed by atoms with Gasteiger partial charge in [-0.05, 0) is 5.57 Å². The van der Waals surface area contributed by atoms with Crippen molar-refractivity contribution >= 4 is 0 Å². The van der Waals surface area contributed by atoms with E-state index in [2.05, 4.69) is 5.32 Å². The summed E-state index contributed by atoms with van der Waals surface area (Å²) in [5.74, 6) is 0. The molecule has 1 heterocycles. The first-order chi connectivity index (χ1) is 4.79. The second kappa shape index (κ2) is 3.11. The van der Waals surface area contributed by atoms with Crippen molar-refractivity contribution in [1.29, 1.82) is 0 Å². The van der Waals surface area contributed by atoms with Gasteiger partial charge >= 0.3 is 0 Å². The summed E-state index contributed by atoms with van der Waals surface area (Å²) in [6.07, 6.45) is 9.56. The van der Waals surface area contributed by atoms with Crippen molar-refractivity contribution in [3.8, 4) is 0 Å². The summed E-state index contributed by atoms with van der Waals surface area (Å²) in [5.41, 5.74) is 1.18. The van der Waals surface area contributed by atoms with Gasteiger partial charge in [-0.15, -0.1) is 0 Å². The van der Waals surface area contributed by atoms with E-state index in [1.807, 2.05) is 37.3 Å². The number of hydrogen-bond donors (Lipinski definition) is 0. The number of hydrogen-bond acceptors (Lipinski definition) is 1. The van der Waals surface area contributed by atoms with Crippen LogP contribution in [0.4, 0.5) is 0 Å². The Balaban J connectivity index is 2.62. The molecule has 0 amide bonds. The Bertz CT molecular complexity index is 173. The molecule has 0 N–H and O–H groups in total. The van der Waals surface area contributed by atoms with Gasteiger partial charge < -0.3 is 10.2 Å². The molecule has 0 spiro atoms. The topological polar surface area (TPSA) is 17.3 Å². The molecule has 10 heavy (non-hydrogen) atoms. The van der Waals surface area contributed by atoms with Crippen molar-refractivity contribution in [2.24, 2.45) is 0 Å². The van der Waals surface area contributed by atoms with Crippen molar-refractivity contribution in [2.75, 3.05) is 14.1 Å². The van der Waals surface area contributed by atoms with Crippen LogP contribution in [0.15, 0.2) is 36.3 Å². The van der Waals surface area contributed by atoms with Crippen molar-refractivity contribution in [2.45, 2.75) is 0 Å². The van der Waals surface area contributed by atoms with E-state index in [-0.39, 0.29) is 0 Å². The van der Waals surface area contributed by atoms with Gasteiger partial charge in [0.25, 0.3) is 0 Å². The molecule has 0 aromatic heterocycles. The number of allylic oxidation sites excluding steroid dienone is 3. The van der Waals surface area contributed by atoms with Gasteiger partial charge in [-0.25, -0.2) is 0 Å². The third-order valence-electron chi connectivity index (χ3n) is 1.11. The second-order valence-electron chi connectivity index (χ2n) is 2.37. The molecule has 0 unspecified atom stereocenters. The van der Waals surface area contributed by atoms with E-state index in [9.17, 15) is 0 Å². The molecule has 1 aliphatic heterocycles. The van der Waals surface area contributed by atoms with Gasteiger partial charge in [0.1, 0.15) is 0 Å². The van der Waals surface area contributed by atoms with E-state index < -0.39 is 0 Å². The molecule has 0 radical (unpaired) electrons. The predicted octanol–water partition coefficient (Wildman–Crippen LogP) is 1.85. The Hall–Kier alpha value is -1.18. The highest BCUT2D eigenvalue weighted by molar-refractivity contribution is 5.39. The van der Waals surface area contributed by atoms with Crippen LogP contribution < -0.4 is 0 Å². The van der Waals surface area contributed by atoms with Gasteiger partial charge in [0.05, 0.1) is 0 Å². The van der Waals surface area contributed by atoms with Gasteiger partial charge in [0.15, 0.2) is 0 Å². The number of nitrogens with zero attached hydrogens (tertiary/aromatic N) is 2. The minimum Gasteiger partial charge on any atom is -0.670 e. The molecule has 54 valence electrons. The zero-order chi connectivity index (χ0) is 7.40. The third kappa shape index (κ3) is 1.97. The molecule has 2 nitrogen and oxygen atoms in total. The van der Waals surface area contributed by atoms with E-state index >= 15 is 0 Å². The molecule has 0 saturated heterocycles. The average molecular weight is 135 g/mol. The lowest BCUT2D eigenvalue weighted by Gasteiger charge is -2.14. The maximum Gasteiger partial charge on any atom is 0.00573 e. The molecule has 0 bridgehead atoms. The standard InChI is InChI=1S/C8H11N2/c1-10(2)7-8-3-5-9-6-4-8/h3-7H,1-2H3/q-1. The lowest BCUT2D eigenvalue weighted by atomic mass is 10.2. The van der Waals surface area contributed by atoms with Crippen LogP contribution in [0, 0.1) is 0 Å². The Morgan fingerprint density at radius 3 is 2.40 bits per heavy atom. The van der Waals surface area contributed by atoms with Crippen molar-refractivity contribution in [1.82, 2.24) is 4.90 Å². The molecule has 0 fully saturated rings.